The highest BCUT2D eigenvalue weighted by Crippen LogP contribution is 2.31. The molecule has 3 heteroatoms. The van der Waals surface area contributed by atoms with Gasteiger partial charge in [-0.2, -0.15) is 0 Å². The minimum atomic E-state index is -0.151. The molecule has 2 fully saturated rings. The van der Waals surface area contributed by atoms with Gasteiger partial charge >= 0.3 is 0 Å². The first-order chi connectivity index (χ1) is 9.77. The van der Waals surface area contributed by atoms with Gasteiger partial charge in [0.1, 0.15) is 6.04 Å². The summed E-state index contributed by atoms with van der Waals surface area (Å²) >= 11 is 0. The van der Waals surface area contributed by atoms with Crippen LogP contribution in [0.25, 0.3) is 0 Å². The number of benzene rings is 1. The third kappa shape index (κ3) is 2.59. The van der Waals surface area contributed by atoms with Crippen LogP contribution in [-0.4, -0.2) is 23.5 Å². The van der Waals surface area contributed by atoms with Gasteiger partial charge in [-0.25, -0.2) is 0 Å². The van der Waals surface area contributed by atoms with Crippen molar-refractivity contribution in [2.75, 3.05) is 6.67 Å². The van der Waals surface area contributed by atoms with E-state index in [2.05, 4.69) is 12.2 Å². The van der Waals surface area contributed by atoms with Crippen molar-refractivity contribution in [2.45, 2.75) is 51.1 Å². The molecule has 2 atom stereocenters. The van der Waals surface area contributed by atoms with E-state index in [0.29, 0.717) is 18.6 Å². The van der Waals surface area contributed by atoms with Crippen LogP contribution in [0.15, 0.2) is 30.3 Å². The number of carbonyl (C=O) groups excluding carboxylic acids is 1. The number of amides is 1. The van der Waals surface area contributed by atoms with Gasteiger partial charge < -0.3 is 4.90 Å². The highest BCUT2D eigenvalue weighted by Gasteiger charge is 2.37. The SMILES string of the molecule is CC(C1CCCCC1)N1CNC(c2ccccc2)C1=O. The van der Waals surface area contributed by atoms with Crippen LogP contribution >= 0.6 is 0 Å². The molecule has 1 saturated carbocycles. The van der Waals surface area contributed by atoms with Crippen molar-refractivity contribution in [1.82, 2.24) is 10.2 Å². The summed E-state index contributed by atoms with van der Waals surface area (Å²) in [6.07, 6.45) is 6.57. The molecular formula is C17H24N2O. The van der Waals surface area contributed by atoms with Gasteiger partial charge in [0.05, 0.1) is 6.67 Å². The van der Waals surface area contributed by atoms with Crippen molar-refractivity contribution in [3.63, 3.8) is 0 Å². The summed E-state index contributed by atoms with van der Waals surface area (Å²) in [6.45, 7) is 2.92. The van der Waals surface area contributed by atoms with E-state index in [1.807, 2.05) is 35.2 Å². The molecule has 1 aromatic rings. The summed E-state index contributed by atoms with van der Waals surface area (Å²) in [5, 5.41) is 3.37. The minimum absolute atomic E-state index is 0.151. The molecule has 1 N–H and O–H groups in total. The molecule has 1 aromatic carbocycles. The number of hydrogen-bond acceptors (Lipinski definition) is 2. The molecule has 0 radical (unpaired) electrons. The van der Waals surface area contributed by atoms with Crippen molar-refractivity contribution in [2.24, 2.45) is 5.92 Å². The molecule has 20 heavy (non-hydrogen) atoms. The Kier molecular flexibility index (Phi) is 4.06. The van der Waals surface area contributed by atoms with Gasteiger partial charge in [0, 0.05) is 6.04 Å². The molecule has 0 bridgehead atoms. The summed E-state index contributed by atoms with van der Waals surface area (Å²) in [4.78, 5) is 14.7. The first kappa shape index (κ1) is 13.6. The van der Waals surface area contributed by atoms with Gasteiger partial charge in [-0.05, 0) is 31.2 Å². The Morgan fingerprint density at radius 3 is 2.55 bits per heavy atom. The van der Waals surface area contributed by atoms with E-state index in [4.69, 9.17) is 0 Å². The summed E-state index contributed by atoms with van der Waals surface area (Å²) in [6, 6.07) is 10.3. The second-order valence-electron chi connectivity index (χ2n) is 6.15. The number of hydrogen-bond donors (Lipinski definition) is 1. The Hall–Kier alpha value is -1.35. The van der Waals surface area contributed by atoms with Crippen molar-refractivity contribution in [3.05, 3.63) is 35.9 Å². The average Bonchev–Trinajstić information content (AvgIpc) is 2.90. The molecule has 3 nitrogen and oxygen atoms in total. The Morgan fingerprint density at radius 2 is 1.85 bits per heavy atom. The summed E-state index contributed by atoms with van der Waals surface area (Å²) in [5.74, 6) is 0.929. The highest BCUT2D eigenvalue weighted by molar-refractivity contribution is 5.85. The molecule has 2 unspecified atom stereocenters. The van der Waals surface area contributed by atoms with E-state index in [0.717, 1.165) is 5.56 Å². The molecule has 0 aromatic heterocycles. The molecule has 0 spiro atoms. The summed E-state index contributed by atoms with van der Waals surface area (Å²) in [5.41, 5.74) is 1.08. The maximum absolute atomic E-state index is 12.7. The quantitative estimate of drug-likeness (QED) is 0.917. The van der Waals surface area contributed by atoms with Crippen LogP contribution in [0.1, 0.15) is 50.6 Å². The normalized spacial score (nSPS) is 25.9. The van der Waals surface area contributed by atoms with E-state index < -0.39 is 0 Å². The van der Waals surface area contributed by atoms with Crippen LogP contribution in [0.3, 0.4) is 0 Å². The Labute approximate surface area is 121 Å². The zero-order valence-corrected chi connectivity index (χ0v) is 12.2. The fourth-order valence-corrected chi connectivity index (χ4v) is 3.64. The topological polar surface area (TPSA) is 32.3 Å². The van der Waals surface area contributed by atoms with E-state index >= 15 is 0 Å². The van der Waals surface area contributed by atoms with Gasteiger partial charge in [-0.1, -0.05) is 49.6 Å². The third-order valence-corrected chi connectivity index (χ3v) is 4.95. The summed E-state index contributed by atoms with van der Waals surface area (Å²) < 4.78 is 0. The molecular weight excluding hydrogens is 248 g/mol. The first-order valence-electron chi connectivity index (χ1n) is 7.86. The second kappa shape index (κ2) is 5.96. The van der Waals surface area contributed by atoms with Crippen LogP contribution in [0, 0.1) is 5.92 Å². The van der Waals surface area contributed by atoms with Gasteiger partial charge in [-0.15, -0.1) is 0 Å². The lowest BCUT2D eigenvalue weighted by Crippen LogP contribution is -2.41. The molecule has 1 aliphatic heterocycles. The highest BCUT2D eigenvalue weighted by atomic mass is 16.2. The smallest absolute Gasteiger partial charge is 0.245 e. The van der Waals surface area contributed by atoms with E-state index in [-0.39, 0.29) is 11.9 Å². The molecule has 3 rings (SSSR count). The first-order valence-corrected chi connectivity index (χ1v) is 7.86. The van der Waals surface area contributed by atoms with Gasteiger partial charge in [-0.3, -0.25) is 10.1 Å². The Bertz CT molecular complexity index is 453. The lowest BCUT2D eigenvalue weighted by molar-refractivity contribution is -0.131. The maximum atomic E-state index is 12.7. The van der Waals surface area contributed by atoms with Crippen LogP contribution in [0.4, 0.5) is 0 Å². The van der Waals surface area contributed by atoms with E-state index in [9.17, 15) is 4.79 Å². The maximum Gasteiger partial charge on any atom is 0.245 e. The Morgan fingerprint density at radius 1 is 1.15 bits per heavy atom. The lowest BCUT2D eigenvalue weighted by Gasteiger charge is -2.33. The second-order valence-corrected chi connectivity index (χ2v) is 6.15. The molecule has 1 amide bonds. The van der Waals surface area contributed by atoms with Crippen molar-refractivity contribution >= 4 is 5.91 Å². The number of carbonyl (C=O) groups is 1. The van der Waals surface area contributed by atoms with Crippen molar-refractivity contribution in [1.29, 1.82) is 0 Å². The average molecular weight is 272 g/mol. The Balaban J connectivity index is 1.69. The number of rotatable bonds is 3. The molecule has 2 aliphatic rings. The molecule has 108 valence electrons. The monoisotopic (exact) mass is 272 g/mol. The van der Waals surface area contributed by atoms with Gasteiger partial charge in [0.2, 0.25) is 5.91 Å². The molecule has 1 aliphatic carbocycles. The zero-order chi connectivity index (χ0) is 13.9. The minimum Gasteiger partial charge on any atom is -0.325 e. The van der Waals surface area contributed by atoms with Crippen molar-refractivity contribution in [3.8, 4) is 0 Å². The fourth-order valence-electron chi connectivity index (χ4n) is 3.64. The van der Waals surface area contributed by atoms with E-state index in [1.54, 1.807) is 0 Å². The van der Waals surface area contributed by atoms with Gasteiger partial charge in [0.15, 0.2) is 0 Å². The van der Waals surface area contributed by atoms with Crippen molar-refractivity contribution < 1.29 is 4.79 Å². The number of nitrogens with zero attached hydrogens (tertiary/aromatic N) is 1. The molecule has 1 saturated heterocycles. The predicted molar refractivity (Wildman–Crippen MR) is 80.1 cm³/mol. The fraction of sp³-hybridized carbons (Fsp3) is 0.588. The largest absolute Gasteiger partial charge is 0.325 e. The zero-order valence-electron chi connectivity index (χ0n) is 12.2. The van der Waals surface area contributed by atoms with E-state index in [1.165, 1.54) is 32.1 Å². The van der Waals surface area contributed by atoms with Crippen LogP contribution in [-0.2, 0) is 4.79 Å². The number of nitrogens with one attached hydrogen (secondary N) is 1. The standard InChI is InChI=1S/C17H24N2O/c1-13(14-8-4-2-5-9-14)19-12-18-16(17(19)20)15-10-6-3-7-11-15/h3,6-7,10-11,13-14,16,18H,2,4-5,8-9,12H2,1H3. The third-order valence-electron chi connectivity index (χ3n) is 4.95. The van der Waals surface area contributed by atoms with Crippen LogP contribution in [0.2, 0.25) is 0 Å². The lowest BCUT2D eigenvalue weighted by atomic mass is 9.84. The van der Waals surface area contributed by atoms with Crippen LogP contribution in [0.5, 0.6) is 0 Å². The van der Waals surface area contributed by atoms with Gasteiger partial charge in [0.25, 0.3) is 0 Å². The molecule has 1 heterocycles. The predicted octanol–water partition coefficient (Wildman–Crippen LogP) is 3.09. The summed E-state index contributed by atoms with van der Waals surface area (Å²) in [7, 11) is 0. The van der Waals surface area contributed by atoms with Crippen LogP contribution < -0.4 is 5.32 Å².